The van der Waals surface area contributed by atoms with Crippen LogP contribution in [0.15, 0.2) is 205 Å². The fraction of sp³-hybridized carbons (Fsp3) is 0.0690. The molecule has 2 atom stereocenters. The molecule has 2 nitrogen and oxygen atoms in total. The lowest BCUT2D eigenvalue weighted by Gasteiger charge is -2.45. The Labute approximate surface area is 350 Å². The number of hydrogen-bond acceptors (Lipinski definition) is 2. The molecule has 2 heteroatoms. The van der Waals surface area contributed by atoms with Crippen LogP contribution >= 0.6 is 0 Å². The summed E-state index contributed by atoms with van der Waals surface area (Å²) in [5.41, 5.74) is 23.6. The molecule has 0 saturated heterocycles. The van der Waals surface area contributed by atoms with E-state index in [1.807, 2.05) is 6.07 Å². The van der Waals surface area contributed by atoms with Gasteiger partial charge in [-0.05, 0) is 123 Å². The first kappa shape index (κ1) is 34.6. The molecule has 0 amide bonds. The Morgan fingerprint density at radius 3 is 1.58 bits per heavy atom. The smallest absolute Gasteiger partial charge is 0.136 e. The van der Waals surface area contributed by atoms with Crippen LogP contribution in [0.5, 0.6) is 0 Å². The second kappa shape index (κ2) is 13.6. The van der Waals surface area contributed by atoms with Crippen LogP contribution in [-0.4, -0.2) is 0 Å². The van der Waals surface area contributed by atoms with Gasteiger partial charge in [0.25, 0.3) is 0 Å². The summed E-state index contributed by atoms with van der Waals surface area (Å²) >= 11 is 0. The zero-order chi connectivity index (χ0) is 39.9. The fourth-order valence-electron chi connectivity index (χ4n) is 10.3. The van der Waals surface area contributed by atoms with Crippen molar-refractivity contribution < 1.29 is 4.42 Å². The van der Waals surface area contributed by atoms with Crippen LogP contribution in [0.4, 0.5) is 17.1 Å². The quantitative estimate of drug-likeness (QED) is 0.168. The Morgan fingerprint density at radius 2 is 0.917 bits per heavy atom. The molecule has 0 fully saturated rings. The minimum atomic E-state index is 0.0755. The number of nitrogens with zero attached hydrogens (tertiary/aromatic N) is 1. The van der Waals surface area contributed by atoms with Crippen molar-refractivity contribution in [1.29, 1.82) is 0 Å². The predicted molar refractivity (Wildman–Crippen MR) is 249 cm³/mol. The number of aryl methyl sites for hydroxylation is 2. The highest BCUT2D eigenvalue weighted by Crippen LogP contribution is 2.61. The first-order chi connectivity index (χ1) is 29.6. The number of furan rings is 1. The summed E-state index contributed by atoms with van der Waals surface area (Å²) in [4.78, 5) is 2.50. The van der Waals surface area contributed by atoms with Gasteiger partial charge in [0.05, 0.1) is 5.69 Å². The average molecular weight is 768 g/mol. The van der Waals surface area contributed by atoms with Gasteiger partial charge in [-0.25, -0.2) is 0 Å². The van der Waals surface area contributed by atoms with Crippen molar-refractivity contribution in [3.05, 3.63) is 245 Å². The molecule has 2 unspecified atom stereocenters. The summed E-state index contributed by atoms with van der Waals surface area (Å²) in [6.45, 7) is 4.46. The number of para-hydroxylation sites is 1. The zero-order valence-electron chi connectivity index (χ0n) is 33.6. The van der Waals surface area contributed by atoms with Crippen LogP contribution in [0.1, 0.15) is 56.3 Å². The van der Waals surface area contributed by atoms with E-state index in [1.54, 1.807) is 0 Å². The molecule has 3 aliphatic rings. The molecule has 13 rings (SSSR count). The third-order valence-corrected chi connectivity index (χ3v) is 13.0. The maximum atomic E-state index is 6.31. The summed E-state index contributed by atoms with van der Waals surface area (Å²) in [5.74, 6) is 0.187. The van der Waals surface area contributed by atoms with Gasteiger partial charge in [-0.15, -0.1) is 0 Å². The lowest BCUT2D eigenvalue weighted by Crippen LogP contribution is -2.30. The molecule has 9 aromatic carbocycles. The SMILES string of the molecule is Cc1ccc2c(c1)C1c3ccc(C)cc3C2c2c(N(c3ccc(-c4ccccc4)cc3)c3ccc(-c4cccc5oc6ccccc6c45)cc3)ccc(-c3ccccc3)c21. The Balaban J connectivity index is 1.10. The Kier molecular flexibility index (Phi) is 7.83. The van der Waals surface area contributed by atoms with Crippen molar-refractivity contribution in [3.8, 4) is 33.4 Å². The van der Waals surface area contributed by atoms with Gasteiger partial charge in [-0.3, -0.25) is 0 Å². The lowest BCUT2D eigenvalue weighted by molar-refractivity contribution is 0.669. The molecule has 2 bridgehead atoms. The minimum Gasteiger partial charge on any atom is -0.456 e. The predicted octanol–water partition coefficient (Wildman–Crippen LogP) is 15.7. The Hall–Kier alpha value is -7.42. The van der Waals surface area contributed by atoms with Crippen LogP contribution < -0.4 is 4.90 Å². The Morgan fingerprint density at radius 1 is 0.383 bits per heavy atom. The van der Waals surface area contributed by atoms with Gasteiger partial charge in [-0.2, -0.15) is 0 Å². The van der Waals surface area contributed by atoms with E-state index >= 15 is 0 Å². The van der Waals surface area contributed by atoms with E-state index in [-0.39, 0.29) is 11.8 Å². The van der Waals surface area contributed by atoms with Crippen LogP contribution in [0.25, 0.3) is 55.3 Å². The maximum Gasteiger partial charge on any atom is 0.136 e. The van der Waals surface area contributed by atoms with Crippen molar-refractivity contribution in [3.63, 3.8) is 0 Å². The standard InChI is InChI=1S/C58H41NO/c1-36-21-31-47-49(34-36)55-46-30-20-37(2)35-50(46)56(47)58-51(33-32-45(57(55)58)40-14-7-4-8-15-40)59(42-26-22-39(23-27-42)38-12-5-3-6-13-38)43-28-24-41(25-29-43)44-17-11-19-53-54(44)48-16-9-10-18-52(48)60-53/h3-35,55-56H,1-2H3. The molecule has 284 valence electrons. The second-order valence-electron chi connectivity index (χ2n) is 16.5. The minimum absolute atomic E-state index is 0.0755. The first-order valence-corrected chi connectivity index (χ1v) is 21.0. The van der Waals surface area contributed by atoms with Gasteiger partial charge >= 0.3 is 0 Å². The number of rotatable bonds is 6. The van der Waals surface area contributed by atoms with E-state index in [9.17, 15) is 0 Å². The van der Waals surface area contributed by atoms with Gasteiger partial charge < -0.3 is 9.32 Å². The molecular weight excluding hydrogens is 727 g/mol. The normalized spacial score (nSPS) is 14.8. The highest BCUT2D eigenvalue weighted by atomic mass is 16.3. The molecular formula is C58H41NO. The largest absolute Gasteiger partial charge is 0.456 e. The average Bonchev–Trinajstić information content (AvgIpc) is 3.69. The molecule has 1 heterocycles. The molecule has 0 saturated carbocycles. The summed E-state index contributed by atoms with van der Waals surface area (Å²) < 4.78 is 6.31. The molecule has 0 N–H and O–H groups in total. The molecule has 1 aromatic heterocycles. The van der Waals surface area contributed by atoms with E-state index < -0.39 is 0 Å². The summed E-state index contributed by atoms with van der Waals surface area (Å²) in [6.07, 6.45) is 0. The van der Waals surface area contributed by atoms with E-state index in [4.69, 9.17) is 4.42 Å². The molecule has 0 spiro atoms. The van der Waals surface area contributed by atoms with Crippen molar-refractivity contribution in [2.75, 3.05) is 4.90 Å². The maximum absolute atomic E-state index is 6.31. The second-order valence-corrected chi connectivity index (χ2v) is 16.5. The molecule has 60 heavy (non-hydrogen) atoms. The first-order valence-electron chi connectivity index (χ1n) is 21.0. The van der Waals surface area contributed by atoms with Gasteiger partial charge in [0.15, 0.2) is 0 Å². The topological polar surface area (TPSA) is 16.4 Å². The van der Waals surface area contributed by atoms with E-state index in [0.29, 0.717) is 0 Å². The van der Waals surface area contributed by atoms with Crippen molar-refractivity contribution in [2.45, 2.75) is 25.7 Å². The number of fused-ring (bicyclic) bond motifs is 3. The molecule has 3 aliphatic carbocycles. The van der Waals surface area contributed by atoms with Crippen LogP contribution in [0, 0.1) is 13.8 Å². The number of benzene rings is 9. The van der Waals surface area contributed by atoms with Gasteiger partial charge in [0, 0.05) is 34.0 Å². The van der Waals surface area contributed by atoms with Gasteiger partial charge in [0.2, 0.25) is 0 Å². The summed E-state index contributed by atoms with van der Waals surface area (Å²) in [6, 6.07) is 73.8. The molecule has 0 radical (unpaired) electrons. The number of hydrogen-bond donors (Lipinski definition) is 0. The third kappa shape index (κ3) is 5.34. The van der Waals surface area contributed by atoms with Crippen LogP contribution in [-0.2, 0) is 0 Å². The lowest BCUT2D eigenvalue weighted by atomic mass is 9.59. The third-order valence-electron chi connectivity index (χ3n) is 13.0. The van der Waals surface area contributed by atoms with Crippen molar-refractivity contribution >= 4 is 39.0 Å². The number of anilines is 3. The van der Waals surface area contributed by atoms with Crippen molar-refractivity contribution in [1.82, 2.24) is 0 Å². The van der Waals surface area contributed by atoms with E-state index in [2.05, 4.69) is 213 Å². The van der Waals surface area contributed by atoms with Crippen LogP contribution in [0.2, 0.25) is 0 Å². The van der Waals surface area contributed by atoms with Crippen molar-refractivity contribution in [2.24, 2.45) is 0 Å². The Bertz CT molecular complexity index is 3270. The fourth-order valence-corrected chi connectivity index (χ4v) is 10.3. The van der Waals surface area contributed by atoms with E-state index in [1.165, 1.54) is 78.0 Å². The highest BCUT2D eigenvalue weighted by molar-refractivity contribution is 6.12. The van der Waals surface area contributed by atoms with E-state index in [0.717, 1.165) is 38.9 Å². The monoisotopic (exact) mass is 767 g/mol. The summed E-state index contributed by atoms with van der Waals surface area (Å²) in [7, 11) is 0. The zero-order valence-corrected chi connectivity index (χ0v) is 33.6. The highest BCUT2D eigenvalue weighted by Gasteiger charge is 2.45. The van der Waals surface area contributed by atoms with Gasteiger partial charge in [-0.1, -0.05) is 169 Å². The molecule has 10 aromatic rings. The van der Waals surface area contributed by atoms with Gasteiger partial charge in [0.1, 0.15) is 11.2 Å². The summed E-state index contributed by atoms with van der Waals surface area (Å²) in [5, 5.41) is 2.29. The van der Waals surface area contributed by atoms with Crippen LogP contribution in [0.3, 0.4) is 0 Å². The molecule has 0 aliphatic heterocycles.